The number of carbonyl (C=O) groups is 2. The minimum atomic E-state index is -4.70. The molecule has 0 aliphatic heterocycles. The zero-order valence-corrected chi connectivity index (χ0v) is 21.0. The Hall–Kier alpha value is -3.89. The Morgan fingerprint density at radius 1 is 1.05 bits per heavy atom. The molecule has 0 radical (unpaired) electrons. The van der Waals surface area contributed by atoms with Crippen molar-refractivity contribution < 1.29 is 32.6 Å². The molecule has 0 spiro atoms. The molecule has 0 saturated carbocycles. The molecule has 7 nitrogen and oxygen atoms in total. The topological polar surface area (TPSA) is 101 Å². The van der Waals surface area contributed by atoms with Crippen LogP contribution in [0.15, 0.2) is 60.8 Å². The van der Waals surface area contributed by atoms with Gasteiger partial charge < -0.3 is 15.2 Å². The summed E-state index contributed by atoms with van der Waals surface area (Å²) in [5.41, 5.74) is -0.775. The van der Waals surface area contributed by atoms with Gasteiger partial charge >= 0.3 is 12.1 Å². The minimum absolute atomic E-state index is 0.0203. The van der Waals surface area contributed by atoms with Crippen LogP contribution in [-0.4, -0.2) is 40.1 Å². The highest BCUT2D eigenvalue weighted by atomic mass is 35.5. The smallest absolute Gasteiger partial charge is 0.418 e. The van der Waals surface area contributed by atoms with Crippen molar-refractivity contribution in [2.45, 2.75) is 18.6 Å². The summed E-state index contributed by atoms with van der Waals surface area (Å²) in [6, 6.07) is 11.0. The van der Waals surface area contributed by atoms with Gasteiger partial charge in [-0.2, -0.15) is 13.2 Å². The van der Waals surface area contributed by atoms with E-state index < -0.39 is 29.7 Å². The summed E-state index contributed by atoms with van der Waals surface area (Å²) >= 11 is 12.1. The van der Waals surface area contributed by atoms with Crippen molar-refractivity contribution in [2.75, 3.05) is 7.11 Å². The second kappa shape index (κ2) is 10.8. The molecule has 1 amide bonds. The number of carboxylic acid groups (broad SMARTS) is 1. The van der Waals surface area contributed by atoms with E-state index in [1.807, 2.05) is 0 Å². The summed E-state index contributed by atoms with van der Waals surface area (Å²) in [6.07, 6.45) is -3.50. The van der Waals surface area contributed by atoms with Crippen LogP contribution in [0.5, 0.6) is 5.88 Å². The number of halogens is 5. The van der Waals surface area contributed by atoms with Crippen molar-refractivity contribution in [1.29, 1.82) is 0 Å². The molecule has 4 rings (SSSR count). The molecule has 2 aromatic carbocycles. The first-order chi connectivity index (χ1) is 18.0. The van der Waals surface area contributed by atoms with Gasteiger partial charge in [0, 0.05) is 29.6 Å². The molecular weight excluding hydrogens is 546 g/mol. The largest absolute Gasteiger partial charge is 0.481 e. The highest BCUT2D eigenvalue weighted by Gasteiger charge is 2.35. The second-order valence-corrected chi connectivity index (χ2v) is 8.90. The number of nitrogens with one attached hydrogen (secondary N) is 1. The predicted octanol–water partition coefficient (Wildman–Crippen LogP) is 6.06. The molecule has 0 fully saturated rings. The SMILES string of the molecule is COc1ccc(C(F)(F)F)c(-c2ccc(CC(NC(=O)c3c(Cl)cccc3Cl)C(=O)O)c3cccnc23)n1. The van der Waals surface area contributed by atoms with E-state index in [0.717, 1.165) is 12.1 Å². The van der Waals surface area contributed by atoms with E-state index in [4.69, 9.17) is 27.9 Å². The fourth-order valence-electron chi connectivity index (χ4n) is 3.95. The normalized spacial score (nSPS) is 12.3. The van der Waals surface area contributed by atoms with Gasteiger partial charge in [0.25, 0.3) is 5.91 Å². The number of benzene rings is 2. The standard InChI is InChI=1S/C26H18Cl2F3N3O4/c1-38-20-10-9-16(26(29,30)31)23(34-20)15-8-7-13(14-4-3-11-32-22(14)15)12-19(25(36)37)33-24(35)21-17(27)5-2-6-18(21)28/h2-11,19H,12H2,1H3,(H,33,35)(H,36,37). The number of pyridine rings is 2. The zero-order valence-electron chi connectivity index (χ0n) is 19.5. The van der Waals surface area contributed by atoms with Crippen LogP contribution in [0.4, 0.5) is 13.2 Å². The number of methoxy groups -OCH3 is 1. The van der Waals surface area contributed by atoms with E-state index in [9.17, 15) is 27.9 Å². The Morgan fingerprint density at radius 3 is 2.39 bits per heavy atom. The number of hydrogen-bond donors (Lipinski definition) is 2. The fourth-order valence-corrected chi connectivity index (χ4v) is 4.52. The number of hydrogen-bond acceptors (Lipinski definition) is 5. The van der Waals surface area contributed by atoms with Gasteiger partial charge in [-0.1, -0.05) is 47.5 Å². The number of fused-ring (bicyclic) bond motifs is 1. The molecule has 2 aromatic heterocycles. The summed E-state index contributed by atoms with van der Waals surface area (Å²) in [6.45, 7) is 0. The van der Waals surface area contributed by atoms with E-state index in [2.05, 4.69) is 15.3 Å². The van der Waals surface area contributed by atoms with Crippen LogP contribution in [0.2, 0.25) is 10.0 Å². The number of amides is 1. The molecule has 4 aromatic rings. The molecule has 0 aliphatic carbocycles. The average Bonchev–Trinajstić information content (AvgIpc) is 2.87. The average molecular weight is 564 g/mol. The Morgan fingerprint density at radius 2 is 1.76 bits per heavy atom. The van der Waals surface area contributed by atoms with Gasteiger partial charge in [0.05, 0.1) is 39.5 Å². The fraction of sp³-hybridized carbons (Fsp3) is 0.154. The molecule has 2 heterocycles. The molecule has 0 bridgehead atoms. The summed E-state index contributed by atoms with van der Waals surface area (Å²) in [4.78, 5) is 33.1. The lowest BCUT2D eigenvalue weighted by Gasteiger charge is -2.18. The highest BCUT2D eigenvalue weighted by Crippen LogP contribution is 2.39. The number of rotatable bonds is 7. The quantitative estimate of drug-likeness (QED) is 0.283. The van der Waals surface area contributed by atoms with Crippen molar-refractivity contribution in [1.82, 2.24) is 15.3 Å². The third-order valence-corrected chi connectivity index (χ3v) is 6.35. The molecule has 1 unspecified atom stereocenters. The Labute approximate surface area is 224 Å². The van der Waals surface area contributed by atoms with Gasteiger partial charge in [-0.15, -0.1) is 0 Å². The first kappa shape index (κ1) is 27.2. The monoisotopic (exact) mass is 563 g/mol. The lowest BCUT2D eigenvalue weighted by molar-refractivity contribution is -0.139. The predicted molar refractivity (Wildman–Crippen MR) is 136 cm³/mol. The molecule has 38 heavy (non-hydrogen) atoms. The third-order valence-electron chi connectivity index (χ3n) is 5.72. The number of carboxylic acids is 1. The second-order valence-electron chi connectivity index (χ2n) is 8.08. The maximum atomic E-state index is 13.8. The van der Waals surface area contributed by atoms with Gasteiger partial charge in [0.15, 0.2) is 0 Å². The molecule has 2 N–H and O–H groups in total. The zero-order chi connectivity index (χ0) is 27.6. The lowest BCUT2D eigenvalue weighted by atomic mass is 9.95. The molecule has 12 heteroatoms. The third kappa shape index (κ3) is 5.51. The van der Waals surface area contributed by atoms with E-state index >= 15 is 0 Å². The number of ether oxygens (including phenoxy) is 1. The van der Waals surface area contributed by atoms with Crippen LogP contribution in [0, 0.1) is 0 Å². The molecule has 0 saturated heterocycles. The van der Waals surface area contributed by atoms with Crippen molar-refractivity contribution in [3.8, 4) is 17.1 Å². The Balaban J connectivity index is 1.77. The summed E-state index contributed by atoms with van der Waals surface area (Å²) in [5, 5.41) is 12.7. The number of nitrogens with zero attached hydrogens (tertiary/aromatic N) is 2. The Kier molecular flexibility index (Phi) is 7.75. The van der Waals surface area contributed by atoms with Crippen molar-refractivity contribution in [3.05, 3.63) is 87.5 Å². The molecule has 1 atom stereocenters. The van der Waals surface area contributed by atoms with Crippen LogP contribution < -0.4 is 10.1 Å². The molecular formula is C26H18Cl2F3N3O4. The molecule has 196 valence electrons. The minimum Gasteiger partial charge on any atom is -0.481 e. The van der Waals surface area contributed by atoms with E-state index in [1.54, 1.807) is 12.1 Å². The van der Waals surface area contributed by atoms with Crippen LogP contribution in [0.1, 0.15) is 21.5 Å². The van der Waals surface area contributed by atoms with Crippen LogP contribution in [0.3, 0.4) is 0 Å². The van der Waals surface area contributed by atoms with Gasteiger partial charge in [-0.3, -0.25) is 9.78 Å². The Bertz CT molecular complexity index is 1530. The molecule has 0 aliphatic rings. The number of carbonyl (C=O) groups excluding carboxylic acids is 1. The first-order valence-electron chi connectivity index (χ1n) is 11.0. The van der Waals surface area contributed by atoms with Gasteiger partial charge in [-0.25, -0.2) is 9.78 Å². The van der Waals surface area contributed by atoms with Gasteiger partial charge in [0.2, 0.25) is 5.88 Å². The van der Waals surface area contributed by atoms with Crippen molar-refractivity contribution in [3.63, 3.8) is 0 Å². The number of aromatic nitrogens is 2. The van der Waals surface area contributed by atoms with Crippen LogP contribution >= 0.6 is 23.2 Å². The summed E-state index contributed by atoms with van der Waals surface area (Å²) in [5.74, 6) is -2.15. The van der Waals surface area contributed by atoms with Crippen LogP contribution in [-0.2, 0) is 17.4 Å². The van der Waals surface area contributed by atoms with Crippen molar-refractivity contribution >= 4 is 46.0 Å². The summed E-state index contributed by atoms with van der Waals surface area (Å²) in [7, 11) is 1.29. The van der Waals surface area contributed by atoms with Gasteiger partial charge in [-0.05, 0) is 29.8 Å². The highest BCUT2D eigenvalue weighted by molar-refractivity contribution is 6.39. The number of aliphatic carboxylic acids is 1. The first-order valence-corrected chi connectivity index (χ1v) is 11.7. The van der Waals surface area contributed by atoms with Crippen LogP contribution in [0.25, 0.3) is 22.2 Å². The maximum Gasteiger partial charge on any atom is 0.418 e. The summed E-state index contributed by atoms with van der Waals surface area (Å²) < 4.78 is 46.4. The van der Waals surface area contributed by atoms with E-state index in [-0.39, 0.29) is 44.7 Å². The van der Waals surface area contributed by atoms with E-state index in [0.29, 0.717) is 10.9 Å². The number of alkyl halides is 3. The van der Waals surface area contributed by atoms with Gasteiger partial charge in [0.1, 0.15) is 6.04 Å². The lowest BCUT2D eigenvalue weighted by Crippen LogP contribution is -2.42. The van der Waals surface area contributed by atoms with Crippen molar-refractivity contribution in [2.24, 2.45) is 0 Å². The van der Waals surface area contributed by atoms with E-state index in [1.165, 1.54) is 43.6 Å². The maximum absolute atomic E-state index is 13.8.